The largest absolute Gasteiger partial charge is 0.496 e. The third-order valence-electron chi connectivity index (χ3n) is 1.53. The molecule has 1 rings (SSSR count). The molecule has 0 saturated carbocycles. The van der Waals surface area contributed by atoms with Crippen molar-refractivity contribution in [2.75, 3.05) is 12.8 Å². The van der Waals surface area contributed by atoms with Crippen molar-refractivity contribution in [2.24, 2.45) is 0 Å². The van der Waals surface area contributed by atoms with Crippen LogP contribution in [0.3, 0.4) is 0 Å². The van der Waals surface area contributed by atoms with E-state index < -0.39 is 11.7 Å². The van der Waals surface area contributed by atoms with Crippen LogP contribution in [0.25, 0.3) is 0 Å². The van der Waals surface area contributed by atoms with E-state index >= 15 is 0 Å². The highest BCUT2D eigenvalue weighted by molar-refractivity contribution is 5.49. The Hall–Kier alpha value is -1.39. The molecule has 1 aromatic rings. The first-order valence-corrected chi connectivity index (χ1v) is 3.46. The van der Waals surface area contributed by atoms with Crippen LogP contribution in [-0.4, -0.2) is 7.11 Å². The number of nitrogen functional groups attached to an aromatic ring is 1. The quantitative estimate of drug-likeness (QED) is 0.691. The maximum atomic E-state index is 12.2. The van der Waals surface area contributed by atoms with Gasteiger partial charge in [-0.15, -0.1) is 0 Å². The van der Waals surface area contributed by atoms with Crippen LogP contribution < -0.4 is 10.5 Å². The Balaban J connectivity index is 3.22. The summed E-state index contributed by atoms with van der Waals surface area (Å²) in [5.41, 5.74) is 4.72. The number of anilines is 1. The molecule has 0 saturated heterocycles. The standard InChI is InChI=1S/C8H8F3NO/c1-13-7-4-5(12)2-3-6(7)8(9,10)11/h2-4H,12H2,1H3. The van der Waals surface area contributed by atoms with Crippen LogP contribution in [-0.2, 0) is 6.18 Å². The summed E-state index contributed by atoms with van der Waals surface area (Å²) in [5, 5.41) is 0. The van der Waals surface area contributed by atoms with Crippen LogP contribution in [0.15, 0.2) is 18.2 Å². The summed E-state index contributed by atoms with van der Waals surface area (Å²) in [7, 11) is 1.17. The van der Waals surface area contributed by atoms with Crippen LogP contribution in [0.4, 0.5) is 18.9 Å². The summed E-state index contributed by atoms with van der Waals surface area (Å²) in [6.07, 6.45) is -4.40. The molecule has 0 heterocycles. The van der Waals surface area contributed by atoms with Crippen molar-refractivity contribution in [3.8, 4) is 5.75 Å². The monoisotopic (exact) mass is 191 g/mol. The van der Waals surface area contributed by atoms with Gasteiger partial charge in [0.2, 0.25) is 0 Å². The van der Waals surface area contributed by atoms with Crippen molar-refractivity contribution in [1.29, 1.82) is 0 Å². The molecule has 5 heteroatoms. The zero-order valence-electron chi connectivity index (χ0n) is 6.85. The maximum absolute atomic E-state index is 12.2. The first kappa shape index (κ1) is 9.70. The molecule has 0 unspecified atom stereocenters. The Labute approximate surface area is 73.1 Å². The van der Waals surface area contributed by atoms with E-state index in [0.29, 0.717) is 0 Å². The van der Waals surface area contributed by atoms with Crippen LogP contribution in [0.1, 0.15) is 5.56 Å². The number of hydrogen-bond donors (Lipinski definition) is 1. The van der Waals surface area contributed by atoms with Gasteiger partial charge < -0.3 is 10.5 Å². The molecule has 13 heavy (non-hydrogen) atoms. The second-order valence-corrected chi connectivity index (χ2v) is 2.46. The smallest absolute Gasteiger partial charge is 0.419 e. The molecule has 0 amide bonds. The number of halogens is 3. The predicted octanol–water partition coefficient (Wildman–Crippen LogP) is 2.30. The highest BCUT2D eigenvalue weighted by Gasteiger charge is 2.34. The zero-order valence-corrected chi connectivity index (χ0v) is 6.85. The topological polar surface area (TPSA) is 35.2 Å². The van der Waals surface area contributed by atoms with Gasteiger partial charge in [0.15, 0.2) is 0 Å². The lowest BCUT2D eigenvalue weighted by molar-refractivity contribution is -0.138. The molecule has 0 aliphatic heterocycles. The molecule has 0 aliphatic rings. The van der Waals surface area contributed by atoms with Gasteiger partial charge in [0.1, 0.15) is 5.75 Å². The lowest BCUT2D eigenvalue weighted by atomic mass is 10.2. The SMILES string of the molecule is COc1cc(N)ccc1C(F)(F)F. The molecule has 0 aromatic heterocycles. The third kappa shape index (κ3) is 2.05. The van der Waals surface area contributed by atoms with Gasteiger partial charge in [-0.2, -0.15) is 13.2 Å². The van der Waals surface area contributed by atoms with Crippen molar-refractivity contribution in [1.82, 2.24) is 0 Å². The summed E-state index contributed by atoms with van der Waals surface area (Å²) in [6, 6.07) is 3.22. The average Bonchev–Trinajstić information content (AvgIpc) is 2.01. The predicted molar refractivity (Wildman–Crippen MR) is 42.4 cm³/mol. The van der Waals surface area contributed by atoms with Crippen LogP contribution >= 0.6 is 0 Å². The first-order chi connectivity index (χ1) is 5.95. The summed E-state index contributed by atoms with van der Waals surface area (Å²) in [6.45, 7) is 0. The lowest BCUT2D eigenvalue weighted by Crippen LogP contribution is -2.07. The van der Waals surface area contributed by atoms with Gasteiger partial charge in [0.25, 0.3) is 0 Å². The second-order valence-electron chi connectivity index (χ2n) is 2.46. The van der Waals surface area contributed by atoms with Crippen molar-refractivity contribution >= 4 is 5.69 Å². The summed E-state index contributed by atoms with van der Waals surface area (Å²) in [4.78, 5) is 0. The minimum atomic E-state index is -4.40. The van der Waals surface area contributed by atoms with Crippen molar-refractivity contribution in [3.63, 3.8) is 0 Å². The fourth-order valence-corrected chi connectivity index (χ4v) is 0.942. The molecule has 0 aliphatic carbocycles. The molecule has 72 valence electrons. The van der Waals surface area contributed by atoms with E-state index in [4.69, 9.17) is 5.73 Å². The van der Waals surface area contributed by atoms with Gasteiger partial charge in [-0.05, 0) is 12.1 Å². The molecular weight excluding hydrogens is 183 g/mol. The Morgan fingerprint density at radius 2 is 1.92 bits per heavy atom. The second kappa shape index (κ2) is 3.16. The Bertz CT molecular complexity index is 309. The van der Waals surface area contributed by atoms with Crippen LogP contribution in [0.2, 0.25) is 0 Å². The van der Waals surface area contributed by atoms with E-state index in [2.05, 4.69) is 4.74 Å². The summed E-state index contributed by atoms with van der Waals surface area (Å²) < 4.78 is 41.3. The minimum Gasteiger partial charge on any atom is -0.496 e. The maximum Gasteiger partial charge on any atom is 0.419 e. The number of methoxy groups -OCH3 is 1. The van der Waals surface area contributed by atoms with Crippen LogP contribution in [0, 0.1) is 0 Å². The molecule has 0 spiro atoms. The van der Waals surface area contributed by atoms with Crippen molar-refractivity contribution < 1.29 is 17.9 Å². The minimum absolute atomic E-state index is 0.241. The fraction of sp³-hybridized carbons (Fsp3) is 0.250. The number of benzene rings is 1. The van der Waals surface area contributed by atoms with E-state index in [1.54, 1.807) is 0 Å². The Morgan fingerprint density at radius 1 is 1.31 bits per heavy atom. The number of nitrogens with two attached hydrogens (primary N) is 1. The lowest BCUT2D eigenvalue weighted by Gasteiger charge is -2.11. The molecule has 1 aromatic carbocycles. The van der Waals surface area contributed by atoms with Gasteiger partial charge in [-0.3, -0.25) is 0 Å². The average molecular weight is 191 g/mol. The van der Waals surface area contributed by atoms with E-state index in [1.165, 1.54) is 13.2 Å². The van der Waals surface area contributed by atoms with E-state index in [1.807, 2.05) is 0 Å². The normalized spacial score (nSPS) is 11.4. The van der Waals surface area contributed by atoms with Crippen molar-refractivity contribution in [2.45, 2.75) is 6.18 Å². The molecule has 2 nitrogen and oxygen atoms in total. The Morgan fingerprint density at radius 3 is 2.38 bits per heavy atom. The van der Waals surface area contributed by atoms with Gasteiger partial charge in [-0.25, -0.2) is 0 Å². The van der Waals surface area contributed by atoms with Crippen molar-refractivity contribution in [3.05, 3.63) is 23.8 Å². The summed E-state index contributed by atoms with van der Waals surface area (Å²) in [5.74, 6) is -0.257. The van der Waals surface area contributed by atoms with E-state index in [9.17, 15) is 13.2 Å². The molecule has 2 N–H and O–H groups in total. The molecule has 0 atom stereocenters. The number of rotatable bonds is 1. The Kier molecular flexibility index (Phi) is 2.36. The fourth-order valence-electron chi connectivity index (χ4n) is 0.942. The molecule has 0 bridgehead atoms. The number of hydrogen-bond acceptors (Lipinski definition) is 2. The van der Waals surface area contributed by atoms with Gasteiger partial charge in [0.05, 0.1) is 12.7 Å². The van der Waals surface area contributed by atoms with Gasteiger partial charge in [-0.1, -0.05) is 0 Å². The highest BCUT2D eigenvalue weighted by Crippen LogP contribution is 2.36. The molecule has 0 fully saturated rings. The van der Waals surface area contributed by atoms with Gasteiger partial charge in [0, 0.05) is 11.8 Å². The molecular formula is C8H8F3NO. The van der Waals surface area contributed by atoms with E-state index in [0.717, 1.165) is 12.1 Å². The number of alkyl halides is 3. The first-order valence-electron chi connectivity index (χ1n) is 3.46. The molecule has 0 radical (unpaired) electrons. The third-order valence-corrected chi connectivity index (χ3v) is 1.53. The number of ether oxygens (including phenoxy) is 1. The zero-order chi connectivity index (χ0) is 10.1. The van der Waals surface area contributed by atoms with Gasteiger partial charge >= 0.3 is 6.18 Å². The van der Waals surface area contributed by atoms with Crippen LogP contribution in [0.5, 0.6) is 5.75 Å². The summed E-state index contributed by atoms with van der Waals surface area (Å²) >= 11 is 0. The van der Waals surface area contributed by atoms with E-state index in [-0.39, 0.29) is 11.4 Å². The highest BCUT2D eigenvalue weighted by atomic mass is 19.4.